The molecule has 38 heavy (non-hydrogen) atoms. The summed E-state index contributed by atoms with van der Waals surface area (Å²) in [4.78, 5) is 0. The van der Waals surface area contributed by atoms with Crippen LogP contribution in [0.1, 0.15) is 16.7 Å². The average Bonchev–Trinajstić information content (AvgIpc) is 2.96. The van der Waals surface area contributed by atoms with Gasteiger partial charge in [-0.05, 0) is 16.7 Å². The van der Waals surface area contributed by atoms with E-state index in [1.165, 1.54) is 0 Å². The fourth-order valence-electron chi connectivity index (χ4n) is 4.39. The third-order valence-corrected chi connectivity index (χ3v) is 6.31. The number of hydrogen-bond donors (Lipinski definition) is 2. The van der Waals surface area contributed by atoms with Crippen molar-refractivity contribution in [1.29, 1.82) is 0 Å². The molecule has 0 amide bonds. The van der Waals surface area contributed by atoms with Gasteiger partial charge in [0.1, 0.15) is 30.5 Å². The van der Waals surface area contributed by atoms with Gasteiger partial charge in [-0.1, -0.05) is 97.1 Å². The minimum Gasteiger partial charge on any atom is -0.388 e. The second-order valence-corrected chi connectivity index (χ2v) is 9.17. The Bertz CT molecular complexity index is 1060. The van der Waals surface area contributed by atoms with Crippen molar-refractivity contribution in [3.05, 3.63) is 120 Å². The lowest BCUT2D eigenvalue weighted by molar-refractivity contribution is -0.325. The van der Waals surface area contributed by atoms with Crippen LogP contribution in [-0.2, 0) is 43.5 Å². The Kier molecular flexibility index (Phi) is 11.0. The molecule has 0 spiro atoms. The van der Waals surface area contributed by atoms with Crippen molar-refractivity contribution in [2.75, 3.05) is 13.2 Å². The maximum Gasteiger partial charge on any atom is 0.184 e. The van der Waals surface area contributed by atoms with Gasteiger partial charge in [-0.3, -0.25) is 0 Å². The Balaban J connectivity index is 1.58. The molecule has 0 bridgehead atoms. The highest BCUT2D eigenvalue weighted by molar-refractivity contribution is 5.15. The minimum atomic E-state index is -1.35. The van der Waals surface area contributed by atoms with Crippen LogP contribution in [0.2, 0.25) is 0 Å². The fraction of sp³-hybridized carbons (Fsp3) is 0.355. The summed E-state index contributed by atoms with van der Waals surface area (Å²) >= 11 is 0. The normalized spacial score (nSPS) is 24.1. The molecule has 0 radical (unpaired) electrons. The van der Waals surface area contributed by atoms with Gasteiger partial charge in [-0.2, -0.15) is 0 Å². The van der Waals surface area contributed by atoms with Crippen LogP contribution >= 0.6 is 0 Å². The smallest absolute Gasteiger partial charge is 0.184 e. The Morgan fingerprint density at radius 1 is 0.711 bits per heavy atom. The molecular formula is C31H36O7. The molecule has 7 heteroatoms. The van der Waals surface area contributed by atoms with Crippen LogP contribution in [-0.4, -0.2) is 60.2 Å². The van der Waals surface area contributed by atoms with Crippen molar-refractivity contribution in [3.8, 4) is 0 Å². The van der Waals surface area contributed by atoms with Crippen LogP contribution in [0.25, 0.3) is 0 Å². The van der Waals surface area contributed by atoms with Gasteiger partial charge in [0, 0.05) is 0 Å². The molecule has 0 unspecified atom stereocenters. The number of ether oxygens (including phenoxy) is 5. The van der Waals surface area contributed by atoms with Crippen molar-refractivity contribution in [3.63, 3.8) is 0 Å². The lowest BCUT2D eigenvalue weighted by Gasteiger charge is -2.45. The molecule has 0 aromatic heterocycles. The van der Waals surface area contributed by atoms with E-state index in [0.29, 0.717) is 0 Å². The van der Waals surface area contributed by atoms with E-state index in [1.807, 2.05) is 91.0 Å². The first-order valence-electron chi connectivity index (χ1n) is 12.8. The summed E-state index contributed by atoms with van der Waals surface area (Å²) in [6.45, 7) is 4.68. The largest absolute Gasteiger partial charge is 0.388 e. The van der Waals surface area contributed by atoms with Gasteiger partial charge < -0.3 is 33.9 Å². The topological polar surface area (TPSA) is 86.6 Å². The van der Waals surface area contributed by atoms with Crippen LogP contribution < -0.4 is 0 Å². The summed E-state index contributed by atoms with van der Waals surface area (Å²) < 4.78 is 30.4. The predicted molar refractivity (Wildman–Crippen MR) is 143 cm³/mol. The second kappa shape index (κ2) is 14.9. The molecule has 7 nitrogen and oxygen atoms in total. The summed E-state index contributed by atoms with van der Waals surface area (Å²) in [5.41, 5.74) is 2.87. The van der Waals surface area contributed by atoms with Gasteiger partial charge in [0.2, 0.25) is 0 Å². The van der Waals surface area contributed by atoms with E-state index in [1.54, 1.807) is 6.08 Å². The molecule has 0 aliphatic carbocycles. The van der Waals surface area contributed by atoms with Crippen LogP contribution in [0.15, 0.2) is 104 Å². The Morgan fingerprint density at radius 2 is 1.16 bits per heavy atom. The number of aliphatic hydroxyl groups excluding tert-OH is 2. The van der Waals surface area contributed by atoms with Crippen molar-refractivity contribution in [2.45, 2.75) is 56.6 Å². The third kappa shape index (κ3) is 8.06. The molecule has 0 saturated carbocycles. The van der Waals surface area contributed by atoms with Crippen molar-refractivity contribution in [2.24, 2.45) is 0 Å². The predicted octanol–water partition coefficient (Wildman–Crippen LogP) is 4.02. The molecule has 1 aliphatic heterocycles. The minimum absolute atomic E-state index is 0.0183. The molecule has 202 valence electrons. The molecule has 1 saturated heterocycles. The molecule has 3 aromatic rings. The molecule has 1 fully saturated rings. The Hall–Kier alpha value is -2.88. The molecule has 4 rings (SSSR count). The van der Waals surface area contributed by atoms with Gasteiger partial charge in [-0.25, -0.2) is 0 Å². The quantitative estimate of drug-likeness (QED) is 0.245. The van der Waals surface area contributed by atoms with Gasteiger partial charge in [0.25, 0.3) is 0 Å². The maximum atomic E-state index is 11.1. The molecule has 1 heterocycles. The van der Waals surface area contributed by atoms with Crippen LogP contribution in [0.3, 0.4) is 0 Å². The van der Waals surface area contributed by atoms with E-state index in [4.69, 9.17) is 23.7 Å². The van der Waals surface area contributed by atoms with Gasteiger partial charge in [0.15, 0.2) is 6.29 Å². The Labute approximate surface area is 224 Å². The van der Waals surface area contributed by atoms with Gasteiger partial charge >= 0.3 is 0 Å². The number of aliphatic hydroxyl groups is 2. The monoisotopic (exact) mass is 520 g/mol. The van der Waals surface area contributed by atoms with E-state index in [9.17, 15) is 10.2 Å². The van der Waals surface area contributed by atoms with Crippen molar-refractivity contribution >= 4 is 0 Å². The van der Waals surface area contributed by atoms with Crippen LogP contribution in [0.5, 0.6) is 0 Å². The second-order valence-electron chi connectivity index (χ2n) is 9.17. The highest BCUT2D eigenvalue weighted by atomic mass is 16.7. The first kappa shape index (κ1) is 28.1. The zero-order chi connectivity index (χ0) is 26.6. The van der Waals surface area contributed by atoms with Crippen molar-refractivity contribution in [1.82, 2.24) is 0 Å². The van der Waals surface area contributed by atoms with Gasteiger partial charge in [0.05, 0.1) is 33.0 Å². The zero-order valence-corrected chi connectivity index (χ0v) is 21.4. The van der Waals surface area contributed by atoms with Crippen LogP contribution in [0, 0.1) is 0 Å². The highest BCUT2D eigenvalue weighted by Crippen LogP contribution is 2.31. The lowest BCUT2D eigenvalue weighted by Crippen LogP contribution is -2.63. The molecule has 6 atom stereocenters. The Morgan fingerprint density at radius 3 is 1.63 bits per heavy atom. The van der Waals surface area contributed by atoms with E-state index < -0.39 is 36.8 Å². The summed E-state index contributed by atoms with van der Waals surface area (Å²) in [7, 11) is 0. The third-order valence-electron chi connectivity index (χ3n) is 6.31. The summed E-state index contributed by atoms with van der Waals surface area (Å²) in [5, 5.41) is 22.1. The SMILES string of the molecule is C=CCOC[C@@H](O)[C@H]1O[C@@H](O)[C@H](OCc2ccccc2)[C@H](OCc2ccccc2)[C@@H]1OCc1ccccc1. The standard InChI is InChI=1S/C31H36O7/c1-2-18-34-22-26(32)27-28(35-19-23-12-6-3-7-13-23)29(36-20-24-14-8-4-9-15-24)30(31(33)38-27)37-21-25-16-10-5-11-17-25/h2-17,26-33H,1,18-22H2/t26-,27-,28-,29-,30-,31-/m1/s1. The van der Waals surface area contributed by atoms with E-state index in [2.05, 4.69) is 6.58 Å². The summed E-state index contributed by atoms with van der Waals surface area (Å²) in [6, 6.07) is 29.1. The number of hydrogen-bond acceptors (Lipinski definition) is 7. The summed E-state index contributed by atoms with van der Waals surface area (Å²) in [5.74, 6) is 0. The van der Waals surface area contributed by atoms with E-state index in [-0.39, 0.29) is 33.0 Å². The zero-order valence-electron chi connectivity index (χ0n) is 21.4. The fourth-order valence-corrected chi connectivity index (χ4v) is 4.39. The highest BCUT2D eigenvalue weighted by Gasteiger charge is 2.50. The van der Waals surface area contributed by atoms with E-state index in [0.717, 1.165) is 16.7 Å². The number of rotatable bonds is 14. The molecule has 3 aromatic carbocycles. The number of benzene rings is 3. The van der Waals surface area contributed by atoms with Crippen LogP contribution in [0.4, 0.5) is 0 Å². The van der Waals surface area contributed by atoms with E-state index >= 15 is 0 Å². The van der Waals surface area contributed by atoms with Crippen molar-refractivity contribution < 1.29 is 33.9 Å². The average molecular weight is 521 g/mol. The maximum absolute atomic E-state index is 11.1. The van der Waals surface area contributed by atoms with Gasteiger partial charge in [-0.15, -0.1) is 6.58 Å². The first-order valence-corrected chi connectivity index (χ1v) is 12.8. The summed E-state index contributed by atoms with van der Waals surface area (Å²) in [6.07, 6.45) is -4.12. The lowest BCUT2D eigenvalue weighted by atomic mass is 9.94. The molecule has 1 aliphatic rings. The molecular weight excluding hydrogens is 484 g/mol. The first-order chi connectivity index (χ1) is 18.7. The molecule has 2 N–H and O–H groups in total.